The van der Waals surface area contributed by atoms with E-state index in [2.05, 4.69) is 5.32 Å². The first-order valence-corrected chi connectivity index (χ1v) is 8.52. The van der Waals surface area contributed by atoms with Crippen LogP contribution in [0.3, 0.4) is 0 Å². The number of carbonyl (C=O) groups is 1. The van der Waals surface area contributed by atoms with Crippen LogP contribution in [-0.2, 0) is 17.8 Å². The van der Waals surface area contributed by atoms with E-state index in [1.165, 1.54) is 6.07 Å². The van der Waals surface area contributed by atoms with Crippen LogP contribution in [0.4, 0.5) is 4.39 Å². The fourth-order valence-electron chi connectivity index (χ4n) is 2.44. The van der Waals surface area contributed by atoms with Gasteiger partial charge in [-0.15, -0.1) is 0 Å². The Balaban J connectivity index is 1.88. The zero-order valence-electron chi connectivity index (χ0n) is 14.7. The second kappa shape index (κ2) is 9.67. The van der Waals surface area contributed by atoms with Crippen molar-refractivity contribution >= 4 is 5.91 Å². The lowest BCUT2D eigenvalue weighted by molar-refractivity contribution is -0.121. The summed E-state index contributed by atoms with van der Waals surface area (Å²) in [7, 11) is 0. The van der Waals surface area contributed by atoms with Gasteiger partial charge in [-0.05, 0) is 49.6 Å². The Morgan fingerprint density at radius 2 is 1.76 bits per heavy atom. The van der Waals surface area contributed by atoms with Crippen LogP contribution >= 0.6 is 0 Å². The fourth-order valence-corrected chi connectivity index (χ4v) is 2.44. The average Bonchev–Trinajstić information content (AvgIpc) is 2.61. The Morgan fingerprint density at radius 1 is 1.04 bits per heavy atom. The third-order valence-corrected chi connectivity index (χ3v) is 3.68. The van der Waals surface area contributed by atoms with Crippen molar-refractivity contribution in [1.82, 2.24) is 5.32 Å². The van der Waals surface area contributed by atoms with Gasteiger partial charge in [0.1, 0.15) is 5.82 Å². The number of hydrogen-bond donors (Lipinski definition) is 1. The van der Waals surface area contributed by atoms with Crippen LogP contribution in [0.2, 0.25) is 0 Å². The first kappa shape index (κ1) is 18.8. The zero-order valence-corrected chi connectivity index (χ0v) is 14.7. The molecule has 0 unspecified atom stereocenters. The van der Waals surface area contributed by atoms with Crippen LogP contribution < -0.4 is 14.8 Å². The predicted octanol–water partition coefficient (Wildman–Crippen LogP) is 3.87. The van der Waals surface area contributed by atoms with Gasteiger partial charge in [-0.1, -0.05) is 24.3 Å². The Morgan fingerprint density at radius 3 is 2.48 bits per heavy atom. The number of aryl methyl sites for hydroxylation is 1. The van der Waals surface area contributed by atoms with Crippen LogP contribution in [0.15, 0.2) is 42.5 Å². The van der Waals surface area contributed by atoms with E-state index in [0.29, 0.717) is 43.2 Å². The molecule has 0 bridgehead atoms. The number of nitrogens with one attached hydrogen (secondary N) is 1. The number of benzene rings is 2. The van der Waals surface area contributed by atoms with E-state index in [1.54, 1.807) is 18.2 Å². The number of hydrogen-bond acceptors (Lipinski definition) is 3. The molecular weight excluding hydrogens is 321 g/mol. The molecule has 0 radical (unpaired) electrons. The molecule has 25 heavy (non-hydrogen) atoms. The molecule has 0 saturated heterocycles. The highest BCUT2D eigenvalue weighted by atomic mass is 19.1. The Labute approximate surface area is 148 Å². The number of amides is 1. The molecule has 134 valence electrons. The Hall–Kier alpha value is -2.56. The quantitative estimate of drug-likeness (QED) is 0.750. The maximum Gasteiger partial charge on any atom is 0.220 e. The molecule has 0 aliphatic rings. The maximum absolute atomic E-state index is 13.6. The van der Waals surface area contributed by atoms with E-state index in [0.717, 1.165) is 5.56 Å². The summed E-state index contributed by atoms with van der Waals surface area (Å²) in [6.45, 7) is 5.32. The van der Waals surface area contributed by atoms with Gasteiger partial charge in [-0.2, -0.15) is 0 Å². The molecule has 0 aliphatic carbocycles. The molecular formula is C20H24FNO3. The minimum atomic E-state index is -0.275. The zero-order chi connectivity index (χ0) is 18.1. The molecule has 0 saturated carbocycles. The van der Waals surface area contributed by atoms with Gasteiger partial charge < -0.3 is 14.8 Å². The molecule has 1 amide bonds. The van der Waals surface area contributed by atoms with Gasteiger partial charge >= 0.3 is 0 Å². The van der Waals surface area contributed by atoms with Gasteiger partial charge in [0.25, 0.3) is 0 Å². The molecule has 5 heteroatoms. The van der Waals surface area contributed by atoms with Crippen LogP contribution in [0.5, 0.6) is 11.5 Å². The van der Waals surface area contributed by atoms with Gasteiger partial charge in [0.05, 0.1) is 13.2 Å². The van der Waals surface area contributed by atoms with Crippen molar-refractivity contribution in [2.45, 2.75) is 33.2 Å². The lowest BCUT2D eigenvalue weighted by Gasteiger charge is -2.13. The summed E-state index contributed by atoms with van der Waals surface area (Å²) in [5, 5.41) is 2.85. The molecule has 1 N–H and O–H groups in total. The maximum atomic E-state index is 13.6. The van der Waals surface area contributed by atoms with E-state index in [1.807, 2.05) is 32.0 Å². The van der Waals surface area contributed by atoms with Crippen LogP contribution in [0, 0.1) is 5.82 Å². The summed E-state index contributed by atoms with van der Waals surface area (Å²) in [4.78, 5) is 12.0. The summed E-state index contributed by atoms with van der Waals surface area (Å²) in [5.74, 6) is 0.972. The Bertz CT molecular complexity index is 703. The second-order valence-electron chi connectivity index (χ2n) is 5.52. The SMILES string of the molecule is CCOc1ccc(CNC(=O)CCc2ccccc2F)cc1OCC. The fraction of sp³-hybridized carbons (Fsp3) is 0.350. The molecule has 0 atom stereocenters. The lowest BCUT2D eigenvalue weighted by atomic mass is 10.1. The smallest absolute Gasteiger partial charge is 0.220 e. The van der Waals surface area contributed by atoms with Crippen molar-refractivity contribution in [3.8, 4) is 11.5 Å². The molecule has 4 nitrogen and oxygen atoms in total. The minimum absolute atomic E-state index is 0.116. The molecule has 0 heterocycles. The molecule has 0 fully saturated rings. The monoisotopic (exact) mass is 345 g/mol. The van der Waals surface area contributed by atoms with Crippen LogP contribution in [0.1, 0.15) is 31.4 Å². The van der Waals surface area contributed by atoms with E-state index >= 15 is 0 Å². The topological polar surface area (TPSA) is 47.6 Å². The number of halogens is 1. The minimum Gasteiger partial charge on any atom is -0.490 e. The largest absolute Gasteiger partial charge is 0.490 e. The third-order valence-electron chi connectivity index (χ3n) is 3.68. The highest BCUT2D eigenvalue weighted by Crippen LogP contribution is 2.28. The van der Waals surface area contributed by atoms with Crippen molar-refractivity contribution in [3.05, 3.63) is 59.4 Å². The normalized spacial score (nSPS) is 10.4. The molecule has 0 spiro atoms. The Kier molecular flexibility index (Phi) is 7.26. The van der Waals surface area contributed by atoms with Gasteiger partial charge in [-0.3, -0.25) is 4.79 Å². The third kappa shape index (κ3) is 5.78. The lowest BCUT2D eigenvalue weighted by Crippen LogP contribution is -2.23. The van der Waals surface area contributed by atoms with Crippen LogP contribution in [-0.4, -0.2) is 19.1 Å². The van der Waals surface area contributed by atoms with Crippen molar-refractivity contribution < 1.29 is 18.7 Å². The summed E-state index contributed by atoms with van der Waals surface area (Å²) in [6.07, 6.45) is 0.627. The van der Waals surface area contributed by atoms with E-state index in [9.17, 15) is 9.18 Å². The number of carbonyl (C=O) groups excluding carboxylic acids is 1. The molecule has 0 aliphatic heterocycles. The number of rotatable bonds is 9. The van der Waals surface area contributed by atoms with Crippen molar-refractivity contribution in [3.63, 3.8) is 0 Å². The standard InChI is InChI=1S/C20H24FNO3/c1-3-24-18-11-9-15(13-19(18)25-4-2)14-22-20(23)12-10-16-7-5-6-8-17(16)21/h5-9,11,13H,3-4,10,12,14H2,1-2H3,(H,22,23). The van der Waals surface area contributed by atoms with Crippen molar-refractivity contribution in [2.24, 2.45) is 0 Å². The van der Waals surface area contributed by atoms with Gasteiger partial charge in [0.15, 0.2) is 11.5 Å². The molecule has 0 aromatic heterocycles. The average molecular weight is 345 g/mol. The van der Waals surface area contributed by atoms with E-state index in [4.69, 9.17) is 9.47 Å². The van der Waals surface area contributed by atoms with Gasteiger partial charge in [0.2, 0.25) is 5.91 Å². The first-order chi connectivity index (χ1) is 12.1. The van der Waals surface area contributed by atoms with Gasteiger partial charge in [-0.25, -0.2) is 4.39 Å². The molecule has 2 aromatic carbocycles. The first-order valence-electron chi connectivity index (χ1n) is 8.52. The predicted molar refractivity (Wildman–Crippen MR) is 95.3 cm³/mol. The summed E-state index contributed by atoms with van der Waals surface area (Å²) >= 11 is 0. The van der Waals surface area contributed by atoms with E-state index < -0.39 is 0 Å². The molecule has 2 aromatic rings. The van der Waals surface area contributed by atoms with Crippen LogP contribution in [0.25, 0.3) is 0 Å². The van der Waals surface area contributed by atoms with Crippen molar-refractivity contribution in [1.29, 1.82) is 0 Å². The highest BCUT2D eigenvalue weighted by molar-refractivity contribution is 5.76. The van der Waals surface area contributed by atoms with Crippen molar-refractivity contribution in [2.75, 3.05) is 13.2 Å². The highest BCUT2D eigenvalue weighted by Gasteiger charge is 2.08. The van der Waals surface area contributed by atoms with Gasteiger partial charge in [0, 0.05) is 13.0 Å². The van der Waals surface area contributed by atoms with E-state index in [-0.39, 0.29) is 18.1 Å². The molecule has 2 rings (SSSR count). The second-order valence-corrected chi connectivity index (χ2v) is 5.52. The number of ether oxygens (including phenoxy) is 2. The summed E-state index contributed by atoms with van der Waals surface area (Å²) in [6, 6.07) is 12.1. The summed E-state index contributed by atoms with van der Waals surface area (Å²) in [5.41, 5.74) is 1.48. The summed E-state index contributed by atoms with van der Waals surface area (Å²) < 4.78 is 24.6.